The molecule has 10 aromatic heterocycles. The second-order valence-corrected chi connectivity index (χ2v) is 35.7. The van der Waals surface area contributed by atoms with E-state index in [0.717, 1.165) is 87.6 Å². The van der Waals surface area contributed by atoms with Crippen LogP contribution in [0.15, 0.2) is 76.8 Å². The summed E-state index contributed by atoms with van der Waals surface area (Å²) >= 11 is 6.15. The second-order valence-electron chi connectivity index (χ2n) is 30.8. The van der Waals surface area contributed by atoms with E-state index in [-0.39, 0.29) is 120 Å². The van der Waals surface area contributed by atoms with Gasteiger partial charge in [0.1, 0.15) is 119 Å². The van der Waals surface area contributed by atoms with Crippen molar-refractivity contribution in [3.63, 3.8) is 0 Å². The number of hydrogen-bond donors (Lipinski definition) is 0. The highest BCUT2D eigenvalue weighted by Gasteiger charge is 2.31. The van der Waals surface area contributed by atoms with Crippen molar-refractivity contribution in [2.24, 2.45) is 0 Å². The summed E-state index contributed by atoms with van der Waals surface area (Å²) in [5.74, 6) is 3.22. The Hall–Kier alpha value is -9.16. The first-order valence-corrected chi connectivity index (χ1v) is 44.3. The molecule has 5 saturated heterocycles. The number of Topliss-reactive ketones (excluding diaryl/α,β-unsaturated/α-hetero) is 5. The van der Waals surface area contributed by atoms with Gasteiger partial charge in [-0.3, -0.25) is 24.0 Å². The summed E-state index contributed by atoms with van der Waals surface area (Å²) in [6, 6.07) is 17.5. The van der Waals surface area contributed by atoms with E-state index in [1.54, 1.807) is 73.0 Å². The van der Waals surface area contributed by atoms with E-state index in [9.17, 15) is 37.1 Å². The minimum atomic E-state index is -1.13. The average molecular weight is 1740 g/mol. The van der Waals surface area contributed by atoms with Crippen LogP contribution >= 0.6 is 56.7 Å². The van der Waals surface area contributed by atoms with Crippen LogP contribution in [-0.2, 0) is 55.8 Å². The molecule has 5 aliphatic heterocycles. The molecule has 16 rings (SSSR count). The predicted octanol–water partition coefficient (Wildman–Crippen LogP) is 16.9. The largest absolute Gasteiger partial charge is 0.488 e. The van der Waals surface area contributed by atoms with Crippen LogP contribution in [0.1, 0.15) is 226 Å². The zero-order valence-corrected chi connectivity index (χ0v) is 73.4. The van der Waals surface area contributed by atoms with Gasteiger partial charge in [0.2, 0.25) is 0 Å². The first-order valence-electron chi connectivity index (χ1n) is 40.0. The maximum Gasteiger partial charge on any atom is 0.199 e. The molecule has 0 N–H and O–H groups in total. The highest BCUT2D eigenvalue weighted by molar-refractivity contribution is 7.11. The van der Waals surface area contributed by atoms with Gasteiger partial charge in [0.15, 0.2) is 39.2 Å². The average Bonchev–Trinajstić information content (AvgIpc) is 1.67. The molecule has 638 valence electrons. The maximum atomic E-state index is 13.4. The summed E-state index contributed by atoms with van der Waals surface area (Å²) in [4.78, 5) is 105. The van der Waals surface area contributed by atoms with Crippen molar-refractivity contribution in [1.29, 1.82) is 0 Å². The fraction of sp³-hybridized carbons (Fsp3) is 0.483. The van der Waals surface area contributed by atoms with Crippen molar-refractivity contribution in [1.82, 2.24) is 49.8 Å². The molecule has 1 unspecified atom stereocenters. The van der Waals surface area contributed by atoms with Gasteiger partial charge in [0.05, 0.1) is 119 Å². The lowest BCUT2D eigenvalue weighted by atomic mass is 10.1. The first-order chi connectivity index (χ1) is 57.4. The van der Waals surface area contributed by atoms with Crippen molar-refractivity contribution in [2.75, 3.05) is 39.6 Å². The van der Waals surface area contributed by atoms with E-state index >= 15 is 0 Å². The lowest BCUT2D eigenvalue weighted by Gasteiger charge is -2.13. The van der Waals surface area contributed by atoms with Crippen LogP contribution in [0, 0.1) is 65.7 Å². The van der Waals surface area contributed by atoms with Crippen molar-refractivity contribution in [3.05, 3.63) is 198 Å². The lowest BCUT2D eigenvalue weighted by molar-refractivity contribution is 0.0976. The van der Waals surface area contributed by atoms with Crippen molar-refractivity contribution in [3.8, 4) is 28.7 Å². The highest BCUT2D eigenvalue weighted by atomic mass is 32.1. The summed E-state index contributed by atoms with van der Waals surface area (Å²) in [6.07, 6.45) is 7.17. The van der Waals surface area contributed by atoms with Crippen LogP contribution in [0.3, 0.4) is 0 Å². The third-order valence-electron chi connectivity index (χ3n) is 19.4. The minimum absolute atomic E-state index is 0.00712. The number of rotatable bonds is 27. The molecule has 0 radical (unpaired) electrons. The van der Waals surface area contributed by atoms with Crippen LogP contribution in [-0.4, -0.2) is 173 Å². The molecule has 25 nitrogen and oxygen atoms in total. The molecule has 0 bridgehead atoms. The molecular formula is C87H99F3N10O15S5. The Balaban J connectivity index is 0.000000138. The fourth-order valence-corrected chi connectivity index (χ4v) is 17.5. The summed E-state index contributed by atoms with van der Waals surface area (Å²) < 4.78 is 96.9. The van der Waals surface area contributed by atoms with E-state index in [1.165, 1.54) is 42.4 Å². The van der Waals surface area contributed by atoms with E-state index in [0.29, 0.717) is 158 Å². The van der Waals surface area contributed by atoms with Crippen molar-refractivity contribution >= 4 is 85.6 Å². The highest BCUT2D eigenvalue weighted by Crippen LogP contribution is 2.40. The van der Waals surface area contributed by atoms with Gasteiger partial charge in [-0.05, 0) is 103 Å². The molecule has 6 fully saturated rings. The molecule has 33 heteroatoms. The zero-order chi connectivity index (χ0) is 85.4. The molecule has 6 aliphatic rings. The van der Waals surface area contributed by atoms with Gasteiger partial charge < -0.3 is 47.4 Å². The Morgan fingerprint density at radius 2 is 0.700 bits per heavy atom. The molecule has 10 atom stereocenters. The molecule has 120 heavy (non-hydrogen) atoms. The number of alkyl halides is 1. The number of ether oxygens (including phenoxy) is 10. The van der Waals surface area contributed by atoms with Crippen molar-refractivity contribution < 1.29 is 84.5 Å². The van der Waals surface area contributed by atoms with Gasteiger partial charge in [0.25, 0.3) is 0 Å². The predicted molar refractivity (Wildman–Crippen MR) is 449 cm³/mol. The normalized spacial score (nSPS) is 20.6. The Morgan fingerprint density at radius 1 is 0.383 bits per heavy atom. The van der Waals surface area contributed by atoms with E-state index in [4.69, 9.17) is 47.4 Å². The monoisotopic (exact) mass is 1740 g/mol. The first kappa shape index (κ1) is 90.1. The smallest absolute Gasteiger partial charge is 0.199 e. The maximum absolute atomic E-state index is 13.4. The number of ketones is 5. The Bertz CT molecular complexity index is 5060. The van der Waals surface area contributed by atoms with Gasteiger partial charge >= 0.3 is 0 Å². The minimum Gasteiger partial charge on any atom is -0.488 e. The molecule has 0 amide bonds. The van der Waals surface area contributed by atoms with Crippen LogP contribution in [0.2, 0.25) is 0 Å². The zero-order valence-electron chi connectivity index (χ0n) is 69.4. The van der Waals surface area contributed by atoms with E-state index < -0.39 is 6.17 Å². The summed E-state index contributed by atoms with van der Waals surface area (Å²) in [5, 5.41) is 8.16. The number of aromatic nitrogens is 10. The molecule has 1 aliphatic carbocycles. The summed E-state index contributed by atoms with van der Waals surface area (Å²) in [7, 11) is 0. The Labute approximate surface area is 715 Å². The fourth-order valence-electron chi connectivity index (χ4n) is 13.4. The quantitative estimate of drug-likeness (QED) is 0.0432. The van der Waals surface area contributed by atoms with Gasteiger partial charge in [-0.15, -0.1) is 34.0 Å². The molecule has 0 spiro atoms. The van der Waals surface area contributed by atoms with Crippen molar-refractivity contribution in [2.45, 2.75) is 234 Å². The van der Waals surface area contributed by atoms with Gasteiger partial charge in [-0.2, -0.15) is 8.78 Å². The van der Waals surface area contributed by atoms with E-state index in [1.807, 2.05) is 92.8 Å². The molecule has 15 heterocycles. The number of nitrogens with zero attached hydrogens (tertiary/aromatic N) is 10. The van der Waals surface area contributed by atoms with Gasteiger partial charge in [-0.1, -0.05) is 22.7 Å². The van der Waals surface area contributed by atoms with Gasteiger partial charge in [-0.25, -0.2) is 54.2 Å². The van der Waals surface area contributed by atoms with Crippen LogP contribution in [0.25, 0.3) is 0 Å². The third kappa shape index (κ3) is 27.2. The number of pyridine rings is 5. The number of carbonyl (C=O) groups is 5. The number of halogens is 3. The summed E-state index contributed by atoms with van der Waals surface area (Å²) in [5.41, 5.74) is 8.59. The molecule has 0 aromatic carbocycles. The lowest BCUT2D eigenvalue weighted by Crippen LogP contribution is -2.17. The topological polar surface area (TPSA) is 307 Å². The third-order valence-corrected chi connectivity index (χ3v) is 24.0. The summed E-state index contributed by atoms with van der Waals surface area (Å²) in [6.45, 7) is 27.3. The Kier molecular flexibility index (Phi) is 31.6. The van der Waals surface area contributed by atoms with E-state index in [2.05, 4.69) is 55.2 Å². The van der Waals surface area contributed by atoms with Gasteiger partial charge in [0, 0.05) is 149 Å². The molecular weight excluding hydrogens is 1640 g/mol. The molecule has 1 saturated carbocycles. The number of carbonyl (C=O) groups excluding carboxylic acids is 5. The van der Waals surface area contributed by atoms with Crippen LogP contribution in [0.5, 0.6) is 28.7 Å². The number of hydrogen-bond acceptors (Lipinski definition) is 30. The Morgan fingerprint density at radius 3 is 0.975 bits per heavy atom. The van der Waals surface area contributed by atoms with Crippen LogP contribution < -0.4 is 23.7 Å². The number of thiazole rings is 5. The number of aryl methyl sites for hydroxylation is 8. The standard InChI is InChI=1S/C19H22N2O3S.C18H21FN2O3S.C17H19FN2O3S.C17H20N2O3S.C16H17FN2O3S/c1-11-5-14(24-15-6-12(2)23-9-15)7-16(20-11)18(22)8-19-21-17(10-25-19)13-3-4-13;1-10-4-13(24-14-5-11(2)23-8-14)6-15(20-10)17(22)7-18-21-16(9-25-18)12(3)19;1-9-4-12(23-13-5-10(2)22-8-13)6-14(19-9)15(21)7-16-20-11(3)17(18)24-16;1-10-4-13(22-14-5-12(3)21-8-14)6-15(18-10)16(20)7-17-19-11(2)9-23-17;1-9-5-12(22-11-3-4-21-8-11)6-13(18-9)14(20)7-15-19-10(2)16(17)23-15/h5,7,10,12-13,15H,3-4,6,8-9H2,1-2H3;4,6,9,11-12,14H,5,7-8H2,1-3H3;4,6,10,13H,5,7-8H2,1-3H3;4,6,9,12,14H,5,7-8H2,1-3H3;5-6,11H,3-4,7-8H2,1-2H3/t12-,15-;11-,12?,14-;10-,13-;12-,14-;11-/m11111/s1. The van der Waals surface area contributed by atoms with Crippen LogP contribution in [0.4, 0.5) is 13.2 Å². The SMILES string of the molecule is Cc1cc(O[C@@H]2CCOC2)cc(C(=O)Cc2nc(C)c(F)s2)n1.Cc1cc(O[C@H]2CO[C@H](C)C2)cc(C(=O)Cc2nc(C(C)F)cs2)n1.Cc1cc(O[C@H]2CO[C@H](C)C2)cc(C(=O)Cc2nc(C)c(F)s2)n1.Cc1cc(O[C@H]2CO[C@H](C)C2)cc(C(=O)Cc2nc(C)cs2)n1.Cc1cc(O[C@H]2CO[C@H](C)C2)cc(C(=O)Cc2nc(C3CC3)cs2)n1. The molecule has 10 aromatic rings. The second kappa shape index (κ2) is 42.1.